The molecule has 0 aromatic rings. The molecule has 2 N–H and O–H groups in total. The van der Waals surface area contributed by atoms with Gasteiger partial charge in [0.15, 0.2) is 0 Å². The molecule has 0 aromatic heterocycles. The average Bonchev–Trinajstić information content (AvgIpc) is 3.30. The topological polar surface area (TPSA) is 58.2 Å². The predicted molar refractivity (Wildman–Crippen MR) is 287 cm³/mol. The molecule has 0 unspecified atom stereocenters. The van der Waals surface area contributed by atoms with Gasteiger partial charge < -0.3 is 10.6 Å². The van der Waals surface area contributed by atoms with Gasteiger partial charge in [-0.1, -0.05) is 322 Å². The van der Waals surface area contributed by atoms with E-state index in [0.717, 1.165) is 38.8 Å². The normalized spacial score (nSPS) is 11.5. The van der Waals surface area contributed by atoms with Crippen LogP contribution in [0.5, 0.6) is 0 Å². The number of nitrogens with one attached hydrogen (secondary N) is 2. The van der Waals surface area contributed by atoms with Crippen molar-refractivity contribution < 1.29 is 9.59 Å². The predicted octanol–water partition coefficient (Wildman–Crippen LogP) is 20.3. The van der Waals surface area contributed by atoms with Gasteiger partial charge in [-0.05, 0) is 25.7 Å². The van der Waals surface area contributed by atoms with E-state index in [2.05, 4.69) is 24.5 Å². The largest absolute Gasteiger partial charge is 0.356 e. The SMILES string of the molecule is CCCCCCCCCCCCCCCCCCCCCCCCCCCC(=O)NCCCCNC(=O)CCCCCCCCCCCCCCCCCCCCCCCCCCC. The van der Waals surface area contributed by atoms with Crippen LogP contribution in [0.15, 0.2) is 0 Å². The Morgan fingerprint density at radius 3 is 0.500 bits per heavy atom. The highest BCUT2D eigenvalue weighted by Crippen LogP contribution is 2.18. The molecule has 0 aliphatic rings. The molecule has 0 bridgehead atoms. The van der Waals surface area contributed by atoms with Crippen molar-refractivity contribution in [2.45, 2.75) is 361 Å². The second kappa shape index (κ2) is 58.1. The zero-order valence-corrected chi connectivity index (χ0v) is 44.4. The molecule has 0 atom stereocenters. The Balaban J connectivity index is 3.22. The summed E-state index contributed by atoms with van der Waals surface area (Å²) in [6.07, 6.45) is 73.3. The Bertz CT molecular complexity index is 806. The van der Waals surface area contributed by atoms with E-state index in [1.165, 1.54) is 308 Å². The fraction of sp³-hybridized carbons (Fsp3) is 0.967. The van der Waals surface area contributed by atoms with Crippen LogP contribution in [0.25, 0.3) is 0 Å². The van der Waals surface area contributed by atoms with E-state index < -0.39 is 0 Å². The van der Waals surface area contributed by atoms with Crippen LogP contribution in [-0.4, -0.2) is 24.9 Å². The summed E-state index contributed by atoms with van der Waals surface area (Å²) in [7, 11) is 0. The van der Waals surface area contributed by atoms with E-state index in [1.807, 2.05) is 0 Å². The third kappa shape index (κ3) is 57.1. The summed E-state index contributed by atoms with van der Waals surface area (Å²) < 4.78 is 0. The van der Waals surface area contributed by atoms with E-state index in [4.69, 9.17) is 0 Å². The first-order valence-electron chi connectivity index (χ1n) is 30.2. The van der Waals surface area contributed by atoms with Crippen LogP contribution in [0.1, 0.15) is 361 Å². The number of unbranched alkanes of at least 4 members (excludes halogenated alkanes) is 49. The third-order valence-electron chi connectivity index (χ3n) is 14.3. The maximum Gasteiger partial charge on any atom is 0.219 e. The van der Waals surface area contributed by atoms with Crippen molar-refractivity contribution in [1.29, 1.82) is 0 Å². The molecule has 0 radical (unpaired) electrons. The van der Waals surface area contributed by atoms with Crippen LogP contribution in [0.4, 0.5) is 0 Å². The van der Waals surface area contributed by atoms with E-state index in [9.17, 15) is 9.59 Å². The monoisotopic (exact) mass is 901 g/mol. The van der Waals surface area contributed by atoms with Crippen LogP contribution >= 0.6 is 0 Å². The molecule has 2 amide bonds. The average molecular weight is 902 g/mol. The smallest absolute Gasteiger partial charge is 0.219 e. The lowest BCUT2D eigenvalue weighted by atomic mass is 10.0. The Morgan fingerprint density at radius 1 is 0.203 bits per heavy atom. The van der Waals surface area contributed by atoms with Gasteiger partial charge in [-0.3, -0.25) is 9.59 Å². The van der Waals surface area contributed by atoms with Crippen LogP contribution in [-0.2, 0) is 9.59 Å². The van der Waals surface area contributed by atoms with Crippen LogP contribution in [0.2, 0.25) is 0 Å². The van der Waals surface area contributed by atoms with Gasteiger partial charge in [-0.15, -0.1) is 0 Å². The van der Waals surface area contributed by atoms with Gasteiger partial charge in [0.25, 0.3) is 0 Å². The van der Waals surface area contributed by atoms with Crippen molar-refractivity contribution in [3.05, 3.63) is 0 Å². The lowest BCUT2D eigenvalue weighted by molar-refractivity contribution is -0.122. The summed E-state index contributed by atoms with van der Waals surface area (Å²) >= 11 is 0. The Morgan fingerprint density at radius 2 is 0.344 bits per heavy atom. The van der Waals surface area contributed by atoms with E-state index in [-0.39, 0.29) is 11.8 Å². The molecule has 0 heterocycles. The lowest BCUT2D eigenvalue weighted by Gasteiger charge is -2.07. The van der Waals surface area contributed by atoms with E-state index in [1.54, 1.807) is 0 Å². The fourth-order valence-corrected chi connectivity index (χ4v) is 9.73. The first-order valence-corrected chi connectivity index (χ1v) is 30.2. The molecule has 0 saturated carbocycles. The second-order valence-corrected chi connectivity index (χ2v) is 20.9. The summed E-state index contributed by atoms with van der Waals surface area (Å²) in [5.74, 6) is 0.396. The van der Waals surface area contributed by atoms with Gasteiger partial charge in [0, 0.05) is 25.9 Å². The Kier molecular flexibility index (Phi) is 57.1. The van der Waals surface area contributed by atoms with Crippen molar-refractivity contribution in [1.82, 2.24) is 10.6 Å². The zero-order chi connectivity index (χ0) is 46.2. The molecule has 4 nitrogen and oxygen atoms in total. The Labute approximate surface area is 404 Å². The van der Waals surface area contributed by atoms with Gasteiger partial charge in [-0.2, -0.15) is 0 Å². The van der Waals surface area contributed by atoms with Crippen LogP contribution in [0.3, 0.4) is 0 Å². The lowest BCUT2D eigenvalue weighted by Crippen LogP contribution is -2.27. The van der Waals surface area contributed by atoms with Crippen LogP contribution < -0.4 is 10.6 Å². The molecule has 4 heteroatoms. The van der Waals surface area contributed by atoms with Gasteiger partial charge >= 0.3 is 0 Å². The minimum Gasteiger partial charge on any atom is -0.356 e. The van der Waals surface area contributed by atoms with Gasteiger partial charge in [0.05, 0.1) is 0 Å². The molecular formula is C60H120N2O2. The van der Waals surface area contributed by atoms with Crippen LogP contribution in [0, 0.1) is 0 Å². The summed E-state index contributed by atoms with van der Waals surface area (Å²) in [6, 6.07) is 0. The number of carbonyl (C=O) groups is 2. The maximum absolute atomic E-state index is 12.2. The van der Waals surface area contributed by atoms with Crippen molar-refractivity contribution in [3.63, 3.8) is 0 Å². The summed E-state index contributed by atoms with van der Waals surface area (Å²) in [4.78, 5) is 24.4. The molecule has 0 fully saturated rings. The highest BCUT2D eigenvalue weighted by Gasteiger charge is 2.04. The zero-order valence-electron chi connectivity index (χ0n) is 44.4. The maximum atomic E-state index is 12.2. The van der Waals surface area contributed by atoms with Gasteiger partial charge in [-0.25, -0.2) is 0 Å². The first kappa shape index (κ1) is 62.9. The first-order chi connectivity index (χ1) is 31.7. The quantitative estimate of drug-likeness (QED) is 0.0598. The molecule has 0 aliphatic carbocycles. The molecule has 382 valence electrons. The Hall–Kier alpha value is -1.06. The molecule has 0 aromatic carbocycles. The van der Waals surface area contributed by atoms with Crippen molar-refractivity contribution in [2.24, 2.45) is 0 Å². The highest BCUT2D eigenvalue weighted by atomic mass is 16.2. The number of carbonyl (C=O) groups excluding carboxylic acids is 2. The molecule has 0 rings (SSSR count). The van der Waals surface area contributed by atoms with Crippen molar-refractivity contribution in [2.75, 3.05) is 13.1 Å². The van der Waals surface area contributed by atoms with Crippen molar-refractivity contribution in [3.8, 4) is 0 Å². The molecule has 0 aliphatic heterocycles. The van der Waals surface area contributed by atoms with Gasteiger partial charge in [0.2, 0.25) is 11.8 Å². The molecule has 64 heavy (non-hydrogen) atoms. The van der Waals surface area contributed by atoms with E-state index >= 15 is 0 Å². The number of hydrogen-bond acceptors (Lipinski definition) is 2. The minimum atomic E-state index is 0.198. The number of rotatable bonds is 57. The molecule has 0 spiro atoms. The highest BCUT2D eigenvalue weighted by molar-refractivity contribution is 5.76. The number of hydrogen-bond donors (Lipinski definition) is 2. The number of amides is 2. The molecule has 0 saturated heterocycles. The fourth-order valence-electron chi connectivity index (χ4n) is 9.73. The minimum absolute atomic E-state index is 0.198. The summed E-state index contributed by atoms with van der Waals surface area (Å²) in [6.45, 7) is 6.06. The standard InChI is InChI=1S/C60H120N2O2/c1-3-5-7-9-11-13-15-17-19-21-23-25-27-29-31-33-35-37-39-41-43-45-47-49-51-55-59(63)61-57-53-54-58-62-60(64)56-52-50-48-46-44-42-40-38-36-34-32-30-28-26-24-22-20-18-16-14-12-10-8-6-4-2/h3-58H2,1-2H3,(H,61,63)(H,62,64). The van der Waals surface area contributed by atoms with Gasteiger partial charge in [0.1, 0.15) is 0 Å². The van der Waals surface area contributed by atoms with Crippen molar-refractivity contribution >= 4 is 11.8 Å². The van der Waals surface area contributed by atoms with E-state index in [0.29, 0.717) is 12.8 Å². The summed E-state index contributed by atoms with van der Waals surface area (Å²) in [5.41, 5.74) is 0. The third-order valence-corrected chi connectivity index (χ3v) is 14.3. The second-order valence-electron chi connectivity index (χ2n) is 20.9. The summed E-state index contributed by atoms with van der Waals surface area (Å²) in [5, 5.41) is 6.17. The molecular weight excluding hydrogens is 781 g/mol.